The Labute approximate surface area is 86.8 Å². The number of hydrogen-bond acceptors (Lipinski definition) is 0. The van der Waals surface area contributed by atoms with Gasteiger partial charge in [-0.1, -0.05) is 0 Å². The molecule has 0 aliphatic heterocycles. The molecule has 59 valence electrons. The Morgan fingerprint density at radius 1 is 0.909 bits per heavy atom. The summed E-state index contributed by atoms with van der Waals surface area (Å²) in [5.74, 6) is -4.81. The van der Waals surface area contributed by atoms with E-state index in [1.807, 2.05) is 0 Å². The fourth-order valence-electron chi connectivity index (χ4n) is 0. The number of rotatable bonds is 0. The first-order chi connectivity index (χ1) is 3.25. The summed E-state index contributed by atoms with van der Waals surface area (Å²) in [6.45, 7) is 1.58. The fraction of sp³-hybridized carbons (Fsp3) is 0.500. The smallest absolute Gasteiger partial charge is 0.358 e. The van der Waals surface area contributed by atoms with Gasteiger partial charge in [0, 0.05) is 18.9 Å². The second-order valence-electron chi connectivity index (χ2n) is 1.20. The van der Waals surface area contributed by atoms with Crippen molar-refractivity contribution >= 4 is 18.9 Å². The largest absolute Gasteiger partial charge is 2.00 e. The van der Waals surface area contributed by atoms with Crippen LogP contribution in [0.15, 0.2) is 0 Å². The van der Waals surface area contributed by atoms with Gasteiger partial charge in [0.2, 0.25) is 5.92 Å². The summed E-state index contributed by atoms with van der Waals surface area (Å²) in [6, 6.07) is 0. The maximum absolute atomic E-state index is 11.0. The van der Waals surface area contributed by atoms with Crippen LogP contribution in [0.4, 0.5) is 22.0 Å². The second-order valence-corrected chi connectivity index (χ2v) is 1.20. The SMILES string of the molecule is [CH2-]C(F)(F)C(F)(F)F.[CH3-].[Li].[Zn+2]. The summed E-state index contributed by atoms with van der Waals surface area (Å²) in [5.41, 5.74) is 0. The zero-order valence-corrected chi connectivity index (χ0v) is 9.27. The van der Waals surface area contributed by atoms with Crippen LogP contribution in [0.2, 0.25) is 0 Å². The maximum Gasteiger partial charge on any atom is 2.00 e. The van der Waals surface area contributed by atoms with Crippen molar-refractivity contribution in [3.63, 3.8) is 0 Å². The molecule has 0 aromatic heterocycles. The fourth-order valence-corrected chi connectivity index (χ4v) is 0. The molecule has 0 spiro atoms. The molecule has 0 atom stereocenters. The van der Waals surface area contributed by atoms with E-state index < -0.39 is 12.1 Å². The minimum atomic E-state index is -5.51. The molecule has 7 heteroatoms. The van der Waals surface area contributed by atoms with E-state index in [9.17, 15) is 22.0 Å². The van der Waals surface area contributed by atoms with Crippen molar-refractivity contribution in [2.24, 2.45) is 0 Å². The van der Waals surface area contributed by atoms with Crippen LogP contribution in [0.1, 0.15) is 0 Å². The van der Waals surface area contributed by atoms with Crippen LogP contribution in [0.5, 0.6) is 0 Å². The Bertz CT molecular complexity index is 73.5. The summed E-state index contributed by atoms with van der Waals surface area (Å²) in [6.07, 6.45) is -5.51. The van der Waals surface area contributed by atoms with Crippen LogP contribution in [-0.2, 0) is 19.5 Å². The minimum absolute atomic E-state index is 0. The second kappa shape index (κ2) is 6.39. The molecule has 0 saturated heterocycles. The van der Waals surface area contributed by atoms with E-state index in [2.05, 4.69) is 0 Å². The molecule has 0 amide bonds. The van der Waals surface area contributed by atoms with E-state index >= 15 is 0 Å². The molecule has 0 N–H and O–H groups in total. The van der Waals surface area contributed by atoms with E-state index in [1.165, 1.54) is 0 Å². The Morgan fingerprint density at radius 2 is 1.00 bits per heavy atom. The molecule has 0 unspecified atom stereocenters. The van der Waals surface area contributed by atoms with Crippen LogP contribution in [0.3, 0.4) is 0 Å². The summed E-state index contributed by atoms with van der Waals surface area (Å²) in [5, 5.41) is 0. The van der Waals surface area contributed by atoms with Crippen LogP contribution < -0.4 is 0 Å². The first kappa shape index (κ1) is 22.6. The van der Waals surface area contributed by atoms with Gasteiger partial charge >= 0.3 is 25.7 Å². The van der Waals surface area contributed by atoms with Gasteiger partial charge in [-0.05, 0) is 0 Å². The predicted molar refractivity (Wildman–Crippen MR) is 28.5 cm³/mol. The quantitative estimate of drug-likeness (QED) is 0.333. The molecule has 0 aliphatic carbocycles. The standard InChI is InChI=1S/C3H2F5.CH3.Li.Zn/c1-2(4,5)3(6,7)8;;;/h1H2;1H3;;/q2*-1;;+2. The first-order valence-electron chi connectivity index (χ1n) is 1.55. The summed E-state index contributed by atoms with van der Waals surface area (Å²) < 4.78 is 54.2. The number of halogens is 5. The van der Waals surface area contributed by atoms with Crippen molar-refractivity contribution in [3.8, 4) is 0 Å². The van der Waals surface area contributed by atoms with Gasteiger partial charge in [0.25, 0.3) is 0 Å². The molecular weight excluding hydrogens is 215 g/mol. The van der Waals surface area contributed by atoms with Crippen molar-refractivity contribution in [2.75, 3.05) is 0 Å². The zero-order valence-electron chi connectivity index (χ0n) is 6.30. The van der Waals surface area contributed by atoms with Gasteiger partial charge in [-0.2, -0.15) is 13.2 Å². The molecule has 0 bridgehead atoms. The topological polar surface area (TPSA) is 0 Å². The molecule has 0 aromatic carbocycles. The Hall–Kier alpha value is 0.871. The third-order valence-electron chi connectivity index (χ3n) is 0.415. The Kier molecular flexibility index (Phi) is 13.2. The third kappa shape index (κ3) is 8.78. The molecule has 0 aliphatic rings. The van der Waals surface area contributed by atoms with Gasteiger partial charge in [-0.3, -0.25) is 6.92 Å². The van der Waals surface area contributed by atoms with E-state index in [4.69, 9.17) is 0 Å². The van der Waals surface area contributed by atoms with Crippen LogP contribution in [0, 0.1) is 14.4 Å². The Morgan fingerprint density at radius 3 is 1.00 bits per heavy atom. The van der Waals surface area contributed by atoms with Crippen molar-refractivity contribution in [3.05, 3.63) is 14.4 Å². The van der Waals surface area contributed by atoms with E-state index in [1.54, 1.807) is 6.92 Å². The summed E-state index contributed by atoms with van der Waals surface area (Å²) >= 11 is 0. The van der Waals surface area contributed by atoms with Gasteiger partial charge in [-0.15, -0.1) is 0 Å². The number of hydrogen-bond donors (Lipinski definition) is 0. The molecule has 0 saturated carbocycles. The van der Waals surface area contributed by atoms with Gasteiger partial charge in [0.15, 0.2) is 0 Å². The molecule has 11 heavy (non-hydrogen) atoms. The minimum Gasteiger partial charge on any atom is -0.358 e. The number of alkyl halides is 5. The molecule has 1 radical (unpaired) electrons. The molecule has 0 nitrogen and oxygen atoms in total. The van der Waals surface area contributed by atoms with Crippen molar-refractivity contribution < 1.29 is 41.4 Å². The zero-order chi connectivity index (χ0) is 7.00. The maximum atomic E-state index is 11.0. The molecule has 0 aromatic rings. The predicted octanol–water partition coefficient (Wildman–Crippen LogP) is 2.09. The van der Waals surface area contributed by atoms with Gasteiger partial charge in [-0.25, -0.2) is 8.78 Å². The molecule has 0 heterocycles. The van der Waals surface area contributed by atoms with Crippen LogP contribution in [0.25, 0.3) is 0 Å². The molecule has 0 rings (SSSR count). The van der Waals surface area contributed by atoms with E-state index in [0.29, 0.717) is 0 Å². The van der Waals surface area contributed by atoms with Gasteiger partial charge < -0.3 is 7.43 Å². The van der Waals surface area contributed by atoms with Gasteiger partial charge in [0.1, 0.15) is 0 Å². The third-order valence-corrected chi connectivity index (χ3v) is 0.415. The van der Waals surface area contributed by atoms with Gasteiger partial charge in [0.05, 0.1) is 0 Å². The monoisotopic (exact) mass is 219 g/mol. The van der Waals surface area contributed by atoms with Crippen molar-refractivity contribution in [2.45, 2.75) is 12.1 Å². The average molecular weight is 220 g/mol. The van der Waals surface area contributed by atoms with Crippen molar-refractivity contribution in [1.82, 2.24) is 0 Å². The molecule has 0 fully saturated rings. The molecular formula is C4H5F5LiZn. The summed E-state index contributed by atoms with van der Waals surface area (Å²) in [4.78, 5) is 0. The van der Waals surface area contributed by atoms with E-state index in [-0.39, 0.29) is 45.8 Å². The van der Waals surface area contributed by atoms with Crippen LogP contribution >= 0.6 is 0 Å². The first-order valence-corrected chi connectivity index (χ1v) is 1.55. The Balaban J connectivity index is -0.0000000817. The van der Waals surface area contributed by atoms with Crippen LogP contribution in [-0.4, -0.2) is 31.0 Å². The van der Waals surface area contributed by atoms with Crippen molar-refractivity contribution in [1.29, 1.82) is 0 Å². The normalized spacial score (nSPS) is 10.4. The van der Waals surface area contributed by atoms with E-state index in [0.717, 1.165) is 0 Å². The summed E-state index contributed by atoms with van der Waals surface area (Å²) in [7, 11) is 0. The average Bonchev–Trinajstić information content (AvgIpc) is 1.25.